The van der Waals surface area contributed by atoms with Crippen molar-refractivity contribution in [2.24, 2.45) is 0 Å². The first-order valence-electron chi connectivity index (χ1n) is 4.00. The molecular weight excluding hydrogens is 209 g/mol. The van der Waals surface area contributed by atoms with Crippen molar-refractivity contribution in [3.63, 3.8) is 0 Å². The van der Waals surface area contributed by atoms with Gasteiger partial charge in [0.1, 0.15) is 5.75 Å². The molecule has 0 saturated carbocycles. The van der Waals surface area contributed by atoms with Gasteiger partial charge in [0, 0.05) is 6.07 Å². The van der Waals surface area contributed by atoms with E-state index in [2.05, 4.69) is 9.97 Å². The number of rotatable bonds is 0. The second kappa shape index (κ2) is 3.08. The fourth-order valence-electron chi connectivity index (χ4n) is 1.14. The van der Waals surface area contributed by atoms with Gasteiger partial charge in [-0.1, -0.05) is 0 Å². The van der Waals surface area contributed by atoms with E-state index in [1.165, 1.54) is 12.1 Å². The van der Waals surface area contributed by atoms with Crippen molar-refractivity contribution in [1.29, 1.82) is 0 Å². The lowest BCUT2D eigenvalue weighted by Gasteiger charge is -2.05. The number of phenols is 1. The number of halogens is 3. The van der Waals surface area contributed by atoms with E-state index in [-0.39, 0.29) is 11.3 Å². The molecule has 1 aromatic carbocycles. The predicted octanol–water partition coefficient (Wildman–Crippen LogP) is 2.35. The monoisotopic (exact) mass is 214 g/mol. The van der Waals surface area contributed by atoms with E-state index in [9.17, 15) is 13.2 Å². The van der Waals surface area contributed by atoms with Crippen LogP contribution in [-0.4, -0.2) is 15.1 Å². The molecule has 2 aromatic rings. The molecule has 6 heteroatoms. The molecule has 0 radical (unpaired) electrons. The van der Waals surface area contributed by atoms with Gasteiger partial charge in [0.05, 0.1) is 17.2 Å². The summed E-state index contributed by atoms with van der Waals surface area (Å²) in [5, 5.41) is 9.07. The molecule has 1 aromatic heterocycles. The van der Waals surface area contributed by atoms with Crippen LogP contribution in [0.5, 0.6) is 5.75 Å². The molecule has 0 amide bonds. The van der Waals surface area contributed by atoms with E-state index in [0.717, 1.165) is 6.07 Å². The molecule has 3 nitrogen and oxygen atoms in total. The van der Waals surface area contributed by atoms with Crippen LogP contribution in [0.1, 0.15) is 5.69 Å². The first-order chi connectivity index (χ1) is 6.97. The second-order valence-corrected chi connectivity index (χ2v) is 2.93. The van der Waals surface area contributed by atoms with Crippen molar-refractivity contribution in [3.8, 4) is 5.75 Å². The van der Waals surface area contributed by atoms with Crippen molar-refractivity contribution >= 4 is 11.0 Å². The van der Waals surface area contributed by atoms with Crippen molar-refractivity contribution in [2.45, 2.75) is 6.18 Å². The average molecular weight is 214 g/mol. The average Bonchev–Trinajstić information content (AvgIpc) is 2.15. The minimum Gasteiger partial charge on any atom is -0.508 e. The topological polar surface area (TPSA) is 46.0 Å². The summed E-state index contributed by atoms with van der Waals surface area (Å²) < 4.78 is 36.8. The third-order valence-corrected chi connectivity index (χ3v) is 1.82. The number of phenolic OH excluding ortho intramolecular Hbond substituents is 1. The summed E-state index contributed by atoms with van der Waals surface area (Å²) in [7, 11) is 0. The van der Waals surface area contributed by atoms with Crippen molar-refractivity contribution in [3.05, 3.63) is 30.1 Å². The molecule has 0 aliphatic carbocycles. The first-order valence-corrected chi connectivity index (χ1v) is 4.00. The zero-order valence-corrected chi connectivity index (χ0v) is 7.28. The molecular formula is C9H5F3N2O. The molecule has 0 fully saturated rings. The minimum absolute atomic E-state index is 0.0184. The van der Waals surface area contributed by atoms with Crippen molar-refractivity contribution in [2.75, 3.05) is 0 Å². The SMILES string of the molecule is Oc1ccc2ncc(C(F)(F)F)nc2c1. The Labute approximate surface area is 82.2 Å². The van der Waals surface area contributed by atoms with E-state index >= 15 is 0 Å². The van der Waals surface area contributed by atoms with Crippen LogP contribution in [0.3, 0.4) is 0 Å². The standard InChI is InChI=1S/C9H5F3N2O/c10-9(11,12)8-4-13-6-2-1-5(15)3-7(6)14-8/h1-4,15H. The van der Waals surface area contributed by atoms with Crippen molar-refractivity contribution < 1.29 is 18.3 Å². The van der Waals surface area contributed by atoms with Gasteiger partial charge >= 0.3 is 6.18 Å². The van der Waals surface area contributed by atoms with Gasteiger partial charge in [-0.2, -0.15) is 13.2 Å². The van der Waals surface area contributed by atoms with Gasteiger partial charge in [0.2, 0.25) is 0 Å². The van der Waals surface area contributed by atoms with Gasteiger partial charge in [0.15, 0.2) is 5.69 Å². The van der Waals surface area contributed by atoms with Gasteiger partial charge < -0.3 is 5.11 Å². The quantitative estimate of drug-likeness (QED) is 0.732. The molecule has 0 bridgehead atoms. The number of nitrogens with zero attached hydrogens (tertiary/aromatic N) is 2. The molecule has 15 heavy (non-hydrogen) atoms. The summed E-state index contributed by atoms with van der Waals surface area (Å²) >= 11 is 0. The van der Waals surface area contributed by atoms with Crippen LogP contribution in [0.2, 0.25) is 0 Å². The molecule has 0 saturated heterocycles. The highest BCUT2D eigenvalue weighted by atomic mass is 19.4. The molecule has 1 heterocycles. The Kier molecular flexibility index (Phi) is 1.99. The Hall–Kier alpha value is -1.85. The lowest BCUT2D eigenvalue weighted by molar-refractivity contribution is -0.141. The van der Waals surface area contributed by atoms with Gasteiger partial charge in [-0.3, -0.25) is 4.98 Å². The number of fused-ring (bicyclic) bond motifs is 1. The Morgan fingerprint density at radius 1 is 1.13 bits per heavy atom. The van der Waals surface area contributed by atoms with Crippen LogP contribution in [0.25, 0.3) is 11.0 Å². The van der Waals surface area contributed by atoms with Gasteiger partial charge in [0.25, 0.3) is 0 Å². The van der Waals surface area contributed by atoms with Gasteiger partial charge in [-0.25, -0.2) is 4.98 Å². The molecule has 78 valence electrons. The van der Waals surface area contributed by atoms with Crippen LogP contribution >= 0.6 is 0 Å². The number of hydrogen-bond acceptors (Lipinski definition) is 3. The summed E-state index contributed by atoms with van der Waals surface area (Å²) in [4.78, 5) is 6.95. The smallest absolute Gasteiger partial charge is 0.434 e. The molecule has 0 aliphatic heterocycles. The second-order valence-electron chi connectivity index (χ2n) is 2.93. The Morgan fingerprint density at radius 3 is 2.53 bits per heavy atom. The van der Waals surface area contributed by atoms with E-state index in [0.29, 0.717) is 11.7 Å². The van der Waals surface area contributed by atoms with Crippen LogP contribution in [0.4, 0.5) is 13.2 Å². The van der Waals surface area contributed by atoms with E-state index in [1.54, 1.807) is 0 Å². The number of hydrogen-bond donors (Lipinski definition) is 1. The molecule has 0 aliphatic rings. The summed E-state index contributed by atoms with van der Waals surface area (Å²) in [5.74, 6) is -0.142. The molecule has 0 spiro atoms. The number of benzene rings is 1. The summed E-state index contributed by atoms with van der Waals surface area (Å²) in [6.07, 6.45) is -3.86. The van der Waals surface area contributed by atoms with Gasteiger partial charge in [-0.05, 0) is 12.1 Å². The normalized spacial score (nSPS) is 11.9. The van der Waals surface area contributed by atoms with Crippen LogP contribution in [0.15, 0.2) is 24.4 Å². The first kappa shape index (κ1) is 9.70. The van der Waals surface area contributed by atoms with Crippen LogP contribution < -0.4 is 0 Å². The lowest BCUT2D eigenvalue weighted by atomic mass is 10.3. The highest BCUT2D eigenvalue weighted by Crippen LogP contribution is 2.28. The maximum atomic E-state index is 12.3. The summed E-state index contributed by atoms with van der Waals surface area (Å²) in [5.41, 5.74) is -0.744. The third-order valence-electron chi connectivity index (χ3n) is 1.82. The molecule has 0 unspecified atom stereocenters. The molecule has 0 atom stereocenters. The summed E-state index contributed by atoms with van der Waals surface area (Å²) in [6, 6.07) is 3.87. The van der Waals surface area contributed by atoms with Crippen LogP contribution in [0, 0.1) is 0 Å². The Balaban J connectivity index is 2.64. The number of aromatic nitrogens is 2. The Morgan fingerprint density at radius 2 is 1.87 bits per heavy atom. The molecule has 1 N–H and O–H groups in total. The minimum atomic E-state index is -4.52. The Bertz CT molecular complexity index is 510. The fourth-order valence-corrected chi connectivity index (χ4v) is 1.14. The number of alkyl halides is 3. The lowest BCUT2D eigenvalue weighted by Crippen LogP contribution is -2.08. The van der Waals surface area contributed by atoms with E-state index in [1.807, 2.05) is 0 Å². The predicted molar refractivity (Wildman–Crippen MR) is 46.2 cm³/mol. The third kappa shape index (κ3) is 1.83. The van der Waals surface area contributed by atoms with Gasteiger partial charge in [-0.15, -0.1) is 0 Å². The zero-order valence-electron chi connectivity index (χ0n) is 7.28. The highest BCUT2D eigenvalue weighted by molar-refractivity contribution is 5.75. The number of aromatic hydroxyl groups is 1. The van der Waals surface area contributed by atoms with Crippen LogP contribution in [-0.2, 0) is 6.18 Å². The fraction of sp³-hybridized carbons (Fsp3) is 0.111. The zero-order chi connectivity index (χ0) is 11.1. The van der Waals surface area contributed by atoms with E-state index in [4.69, 9.17) is 5.11 Å². The maximum absolute atomic E-state index is 12.3. The maximum Gasteiger partial charge on any atom is 0.434 e. The van der Waals surface area contributed by atoms with E-state index < -0.39 is 11.9 Å². The van der Waals surface area contributed by atoms with Crippen molar-refractivity contribution in [1.82, 2.24) is 9.97 Å². The molecule has 2 rings (SSSR count). The largest absolute Gasteiger partial charge is 0.508 e. The summed E-state index contributed by atoms with van der Waals surface area (Å²) in [6.45, 7) is 0. The highest BCUT2D eigenvalue weighted by Gasteiger charge is 2.33.